The van der Waals surface area contributed by atoms with E-state index in [4.69, 9.17) is 0 Å². The highest BCUT2D eigenvalue weighted by atomic mass is 79.9. The summed E-state index contributed by atoms with van der Waals surface area (Å²) in [4.78, 5) is 0. The zero-order valence-electron chi connectivity index (χ0n) is 8.99. The van der Waals surface area contributed by atoms with Gasteiger partial charge in [0.2, 0.25) is 0 Å². The summed E-state index contributed by atoms with van der Waals surface area (Å²) >= 11 is 3.71. The lowest BCUT2D eigenvalue weighted by Gasteiger charge is -2.25. The van der Waals surface area contributed by atoms with Crippen LogP contribution in [0.3, 0.4) is 0 Å². The van der Waals surface area contributed by atoms with Crippen LogP contribution in [0.5, 0.6) is 0 Å². The van der Waals surface area contributed by atoms with Crippen molar-refractivity contribution < 1.29 is 0 Å². The topological polar surface area (TPSA) is 0 Å². The van der Waals surface area contributed by atoms with E-state index in [0.717, 1.165) is 5.92 Å². The molecule has 74 valence electrons. The Morgan fingerprint density at radius 3 is 2.17 bits per heavy atom. The Bertz CT molecular complexity index is 102. The predicted molar refractivity (Wildman–Crippen MR) is 60.9 cm³/mol. The van der Waals surface area contributed by atoms with Gasteiger partial charge in [0.05, 0.1) is 0 Å². The molecule has 1 unspecified atom stereocenters. The lowest BCUT2D eigenvalue weighted by molar-refractivity contribution is 0.416. The molecule has 0 saturated heterocycles. The van der Waals surface area contributed by atoms with Gasteiger partial charge in [-0.1, -0.05) is 55.5 Å². The zero-order valence-corrected chi connectivity index (χ0v) is 10.6. The zero-order chi connectivity index (χ0) is 9.61. The van der Waals surface area contributed by atoms with Crippen LogP contribution in [0.15, 0.2) is 0 Å². The van der Waals surface area contributed by atoms with Gasteiger partial charge in [-0.15, -0.1) is 0 Å². The molecule has 0 rings (SSSR count). The van der Waals surface area contributed by atoms with Crippen LogP contribution in [0.4, 0.5) is 0 Å². The van der Waals surface area contributed by atoms with Crippen molar-refractivity contribution in [3.05, 3.63) is 0 Å². The molecule has 0 heterocycles. The molecule has 0 amide bonds. The molecule has 1 heteroatoms. The molecule has 0 aromatic rings. The second-order valence-electron chi connectivity index (χ2n) is 4.31. The van der Waals surface area contributed by atoms with Gasteiger partial charge >= 0.3 is 0 Å². The quantitative estimate of drug-likeness (QED) is 0.459. The SMILES string of the molecule is CCCCCCC(C)C(C)(C)Br. The second kappa shape index (κ2) is 6.01. The van der Waals surface area contributed by atoms with Gasteiger partial charge in [0.25, 0.3) is 0 Å². The Labute approximate surface area is 86.3 Å². The van der Waals surface area contributed by atoms with Crippen molar-refractivity contribution >= 4 is 15.9 Å². The third-order valence-corrected chi connectivity index (χ3v) is 3.44. The van der Waals surface area contributed by atoms with E-state index < -0.39 is 0 Å². The van der Waals surface area contributed by atoms with Crippen molar-refractivity contribution in [3.8, 4) is 0 Å². The van der Waals surface area contributed by atoms with Crippen molar-refractivity contribution in [1.82, 2.24) is 0 Å². The summed E-state index contributed by atoms with van der Waals surface area (Å²) in [7, 11) is 0. The second-order valence-corrected chi connectivity index (χ2v) is 6.36. The van der Waals surface area contributed by atoms with Crippen LogP contribution in [-0.2, 0) is 0 Å². The minimum Gasteiger partial charge on any atom is -0.0856 e. The maximum absolute atomic E-state index is 3.71. The molecular weight excluding hydrogens is 212 g/mol. The fourth-order valence-corrected chi connectivity index (χ4v) is 1.45. The van der Waals surface area contributed by atoms with Gasteiger partial charge in [0, 0.05) is 4.32 Å². The molecule has 0 bridgehead atoms. The minimum atomic E-state index is 0.319. The van der Waals surface area contributed by atoms with E-state index in [9.17, 15) is 0 Å². The molecule has 0 fully saturated rings. The lowest BCUT2D eigenvalue weighted by Crippen LogP contribution is -2.20. The molecule has 0 spiro atoms. The number of unbranched alkanes of at least 4 members (excludes halogenated alkanes) is 3. The van der Waals surface area contributed by atoms with Crippen molar-refractivity contribution in [3.63, 3.8) is 0 Å². The number of halogens is 1. The maximum atomic E-state index is 3.71. The molecule has 0 aliphatic heterocycles. The van der Waals surface area contributed by atoms with E-state index in [1.165, 1.54) is 32.1 Å². The van der Waals surface area contributed by atoms with Crippen LogP contribution in [0.25, 0.3) is 0 Å². The highest BCUT2D eigenvalue weighted by Crippen LogP contribution is 2.30. The Morgan fingerprint density at radius 2 is 1.75 bits per heavy atom. The molecule has 0 aliphatic carbocycles. The highest BCUT2D eigenvalue weighted by molar-refractivity contribution is 9.10. The van der Waals surface area contributed by atoms with Crippen molar-refractivity contribution in [1.29, 1.82) is 0 Å². The van der Waals surface area contributed by atoms with Gasteiger partial charge in [-0.2, -0.15) is 0 Å². The molecule has 0 radical (unpaired) electrons. The first kappa shape index (κ1) is 12.5. The van der Waals surface area contributed by atoms with Crippen LogP contribution in [0, 0.1) is 5.92 Å². The number of alkyl halides is 1. The van der Waals surface area contributed by atoms with Gasteiger partial charge < -0.3 is 0 Å². The van der Waals surface area contributed by atoms with Gasteiger partial charge in [-0.25, -0.2) is 0 Å². The summed E-state index contributed by atoms with van der Waals surface area (Å²) in [5.41, 5.74) is 0. The third kappa shape index (κ3) is 6.05. The van der Waals surface area contributed by atoms with Gasteiger partial charge in [-0.05, 0) is 26.2 Å². The molecule has 12 heavy (non-hydrogen) atoms. The van der Waals surface area contributed by atoms with Crippen molar-refractivity contribution in [2.45, 2.75) is 64.1 Å². The Morgan fingerprint density at radius 1 is 1.17 bits per heavy atom. The molecule has 0 aliphatic rings. The Hall–Kier alpha value is 0.480. The van der Waals surface area contributed by atoms with Gasteiger partial charge in [0.1, 0.15) is 0 Å². The summed E-state index contributed by atoms with van der Waals surface area (Å²) in [5.74, 6) is 0.786. The predicted octanol–water partition coefficient (Wildman–Crippen LogP) is 4.77. The maximum Gasteiger partial charge on any atom is 0.0227 e. The average molecular weight is 235 g/mol. The molecule has 1 atom stereocenters. The normalized spacial score (nSPS) is 14.8. The fraction of sp³-hybridized carbons (Fsp3) is 1.00. The fourth-order valence-electron chi connectivity index (χ4n) is 1.22. The molecular formula is C11H23Br. The third-order valence-electron chi connectivity index (χ3n) is 2.66. The summed E-state index contributed by atoms with van der Waals surface area (Å²) in [6.45, 7) is 9.12. The van der Waals surface area contributed by atoms with Crippen LogP contribution >= 0.6 is 15.9 Å². The molecule has 0 aromatic carbocycles. The summed E-state index contributed by atoms with van der Waals surface area (Å²) < 4.78 is 0.319. The van der Waals surface area contributed by atoms with E-state index in [0.29, 0.717) is 4.32 Å². The lowest BCUT2D eigenvalue weighted by atomic mass is 9.92. The van der Waals surface area contributed by atoms with Crippen LogP contribution in [0.2, 0.25) is 0 Å². The molecule has 0 nitrogen and oxygen atoms in total. The van der Waals surface area contributed by atoms with E-state index in [2.05, 4.69) is 43.6 Å². The van der Waals surface area contributed by atoms with E-state index in [1.807, 2.05) is 0 Å². The Balaban J connectivity index is 3.38. The molecule has 0 aromatic heterocycles. The summed E-state index contributed by atoms with van der Waals surface area (Å²) in [5, 5.41) is 0. The number of hydrogen-bond donors (Lipinski definition) is 0. The van der Waals surface area contributed by atoms with Crippen LogP contribution in [-0.4, -0.2) is 4.32 Å². The van der Waals surface area contributed by atoms with E-state index in [-0.39, 0.29) is 0 Å². The first-order chi connectivity index (χ1) is 5.48. The average Bonchev–Trinajstić information content (AvgIpc) is 1.96. The van der Waals surface area contributed by atoms with E-state index >= 15 is 0 Å². The first-order valence-electron chi connectivity index (χ1n) is 5.17. The number of hydrogen-bond acceptors (Lipinski definition) is 0. The summed E-state index contributed by atoms with van der Waals surface area (Å²) in [6.07, 6.45) is 6.90. The number of rotatable bonds is 6. The molecule has 0 N–H and O–H groups in total. The first-order valence-corrected chi connectivity index (χ1v) is 5.96. The van der Waals surface area contributed by atoms with E-state index in [1.54, 1.807) is 0 Å². The monoisotopic (exact) mass is 234 g/mol. The Kier molecular flexibility index (Phi) is 6.25. The van der Waals surface area contributed by atoms with Crippen LogP contribution < -0.4 is 0 Å². The van der Waals surface area contributed by atoms with Gasteiger partial charge in [0.15, 0.2) is 0 Å². The van der Waals surface area contributed by atoms with Gasteiger partial charge in [-0.3, -0.25) is 0 Å². The van der Waals surface area contributed by atoms with Crippen molar-refractivity contribution in [2.75, 3.05) is 0 Å². The minimum absolute atomic E-state index is 0.319. The van der Waals surface area contributed by atoms with Crippen LogP contribution in [0.1, 0.15) is 59.8 Å². The van der Waals surface area contributed by atoms with Crippen molar-refractivity contribution in [2.24, 2.45) is 5.92 Å². The standard InChI is InChI=1S/C11H23Br/c1-5-6-7-8-9-10(2)11(3,4)12/h10H,5-9H2,1-4H3. The highest BCUT2D eigenvalue weighted by Gasteiger charge is 2.20. The summed E-state index contributed by atoms with van der Waals surface area (Å²) in [6, 6.07) is 0. The molecule has 0 saturated carbocycles. The largest absolute Gasteiger partial charge is 0.0856 e. The smallest absolute Gasteiger partial charge is 0.0227 e.